The van der Waals surface area contributed by atoms with Crippen molar-refractivity contribution in [3.63, 3.8) is 0 Å². The third-order valence-electron chi connectivity index (χ3n) is 5.35. The molecular weight excluding hydrogens is 364 g/mol. The Morgan fingerprint density at radius 3 is 2.86 bits per heavy atom. The predicted octanol–water partition coefficient (Wildman–Crippen LogP) is 2.09. The van der Waals surface area contributed by atoms with E-state index in [4.69, 9.17) is 9.73 Å². The minimum Gasteiger partial charge on any atom is -0.374 e. The zero-order valence-electron chi connectivity index (χ0n) is 18.4. The number of aromatic nitrogens is 1. The molecule has 0 aliphatic carbocycles. The van der Waals surface area contributed by atoms with Crippen LogP contribution in [0, 0.1) is 5.92 Å². The van der Waals surface area contributed by atoms with Gasteiger partial charge in [-0.15, -0.1) is 0 Å². The molecule has 162 valence electrons. The van der Waals surface area contributed by atoms with Crippen molar-refractivity contribution in [3.8, 4) is 0 Å². The molecule has 2 N–H and O–H groups in total. The van der Waals surface area contributed by atoms with Crippen LogP contribution in [0.4, 0.5) is 5.82 Å². The van der Waals surface area contributed by atoms with Crippen LogP contribution >= 0.6 is 0 Å². The van der Waals surface area contributed by atoms with E-state index in [0.29, 0.717) is 12.5 Å². The van der Waals surface area contributed by atoms with E-state index in [1.165, 1.54) is 18.4 Å². The number of hydrogen-bond donors (Lipinski definition) is 2. The molecule has 0 radical (unpaired) electrons. The van der Waals surface area contributed by atoms with Gasteiger partial charge in [0.25, 0.3) is 0 Å². The number of guanidine groups is 1. The van der Waals surface area contributed by atoms with Gasteiger partial charge in [0, 0.05) is 52.0 Å². The lowest BCUT2D eigenvalue weighted by atomic mass is 10.2. The zero-order chi connectivity index (χ0) is 20.5. The van der Waals surface area contributed by atoms with E-state index in [1.54, 1.807) is 0 Å². The number of nitrogens with zero attached hydrogens (tertiary/aromatic N) is 4. The summed E-state index contributed by atoms with van der Waals surface area (Å²) in [6.07, 6.45) is 4.62. The van der Waals surface area contributed by atoms with Crippen molar-refractivity contribution in [3.05, 3.63) is 23.9 Å². The highest BCUT2D eigenvalue weighted by atomic mass is 16.5. The maximum Gasteiger partial charge on any atom is 0.191 e. The average molecular weight is 403 g/mol. The molecule has 2 aliphatic rings. The highest BCUT2D eigenvalue weighted by Gasteiger charge is 2.21. The van der Waals surface area contributed by atoms with Gasteiger partial charge in [-0.1, -0.05) is 13.8 Å². The van der Waals surface area contributed by atoms with Crippen LogP contribution in [0.3, 0.4) is 0 Å². The molecule has 0 amide bonds. The van der Waals surface area contributed by atoms with Gasteiger partial charge >= 0.3 is 0 Å². The minimum absolute atomic E-state index is 0.203. The van der Waals surface area contributed by atoms with Crippen molar-refractivity contribution in [1.82, 2.24) is 20.5 Å². The van der Waals surface area contributed by atoms with Crippen LogP contribution in [0.1, 0.15) is 39.2 Å². The molecule has 29 heavy (non-hydrogen) atoms. The molecule has 2 aliphatic heterocycles. The zero-order valence-corrected chi connectivity index (χ0v) is 18.4. The molecule has 7 heteroatoms. The van der Waals surface area contributed by atoms with Crippen LogP contribution in [-0.2, 0) is 11.3 Å². The smallest absolute Gasteiger partial charge is 0.191 e. The third-order valence-corrected chi connectivity index (χ3v) is 5.35. The van der Waals surface area contributed by atoms with Gasteiger partial charge in [0.1, 0.15) is 5.82 Å². The molecule has 3 rings (SSSR count). The van der Waals surface area contributed by atoms with Crippen molar-refractivity contribution in [2.75, 3.05) is 57.3 Å². The molecule has 0 saturated carbocycles. The molecule has 7 nitrogen and oxygen atoms in total. The number of aliphatic imine (C=N–C) groups is 1. The Morgan fingerprint density at radius 1 is 1.28 bits per heavy atom. The Bertz CT molecular complexity index is 644. The molecule has 1 aromatic heterocycles. The third kappa shape index (κ3) is 7.16. The first-order valence-corrected chi connectivity index (χ1v) is 11.2. The van der Waals surface area contributed by atoms with E-state index in [0.717, 1.165) is 64.2 Å². The van der Waals surface area contributed by atoms with Gasteiger partial charge in [0.15, 0.2) is 5.96 Å². The number of nitrogens with one attached hydrogen (secondary N) is 2. The Labute approximate surface area is 175 Å². The van der Waals surface area contributed by atoms with Gasteiger partial charge in [-0.3, -0.25) is 4.90 Å². The first kappa shape index (κ1) is 21.8. The van der Waals surface area contributed by atoms with Crippen molar-refractivity contribution in [1.29, 1.82) is 0 Å². The Kier molecular flexibility index (Phi) is 8.55. The fourth-order valence-electron chi connectivity index (χ4n) is 3.99. The second kappa shape index (κ2) is 11.4. The standard InChI is InChI=1S/C22H38N6O/c1-4-23-22(26-15-20-17-27(11-12-29-20)16-18(2)3)25-14-19-7-8-24-21(13-19)28-9-5-6-10-28/h7-8,13,18,20H,4-6,9-12,14-17H2,1-3H3,(H2,23,25,26). The second-order valence-corrected chi connectivity index (χ2v) is 8.44. The average Bonchev–Trinajstić information content (AvgIpc) is 3.25. The number of morpholine rings is 1. The summed E-state index contributed by atoms with van der Waals surface area (Å²) in [6, 6.07) is 4.23. The monoisotopic (exact) mass is 402 g/mol. The van der Waals surface area contributed by atoms with E-state index in [9.17, 15) is 0 Å². The summed E-state index contributed by atoms with van der Waals surface area (Å²) in [5.74, 6) is 2.61. The number of hydrogen-bond acceptors (Lipinski definition) is 5. The summed E-state index contributed by atoms with van der Waals surface area (Å²) >= 11 is 0. The molecule has 2 saturated heterocycles. The Balaban J connectivity index is 1.52. The number of ether oxygens (including phenoxy) is 1. The van der Waals surface area contributed by atoms with E-state index < -0.39 is 0 Å². The molecule has 2 fully saturated rings. The summed E-state index contributed by atoms with van der Waals surface area (Å²) < 4.78 is 5.95. The van der Waals surface area contributed by atoms with E-state index in [-0.39, 0.29) is 6.10 Å². The maximum absolute atomic E-state index is 5.95. The molecule has 1 aromatic rings. The normalized spacial score (nSPS) is 21.0. The summed E-state index contributed by atoms with van der Waals surface area (Å²) in [7, 11) is 0. The lowest BCUT2D eigenvalue weighted by Gasteiger charge is -2.34. The fraction of sp³-hybridized carbons (Fsp3) is 0.727. The predicted molar refractivity (Wildman–Crippen MR) is 120 cm³/mol. The number of rotatable bonds is 8. The minimum atomic E-state index is 0.203. The van der Waals surface area contributed by atoms with Crippen molar-refractivity contribution in [2.24, 2.45) is 10.9 Å². The van der Waals surface area contributed by atoms with E-state index in [2.05, 4.69) is 58.3 Å². The number of pyridine rings is 1. The lowest BCUT2D eigenvalue weighted by Crippen LogP contribution is -2.50. The largest absolute Gasteiger partial charge is 0.374 e. The van der Waals surface area contributed by atoms with Crippen molar-refractivity contribution < 1.29 is 4.74 Å². The molecule has 1 unspecified atom stereocenters. The fourth-order valence-corrected chi connectivity index (χ4v) is 3.99. The highest BCUT2D eigenvalue weighted by molar-refractivity contribution is 5.79. The van der Waals surface area contributed by atoms with Crippen molar-refractivity contribution >= 4 is 11.8 Å². The van der Waals surface area contributed by atoms with Crippen LogP contribution in [0.5, 0.6) is 0 Å². The van der Waals surface area contributed by atoms with Gasteiger partial charge in [0.2, 0.25) is 0 Å². The van der Waals surface area contributed by atoms with Crippen molar-refractivity contribution in [2.45, 2.75) is 46.3 Å². The summed E-state index contributed by atoms with van der Waals surface area (Å²) in [5.41, 5.74) is 1.19. The highest BCUT2D eigenvalue weighted by Crippen LogP contribution is 2.18. The van der Waals surface area contributed by atoms with Gasteiger partial charge in [-0.25, -0.2) is 9.98 Å². The first-order chi connectivity index (χ1) is 14.1. The van der Waals surface area contributed by atoms with Gasteiger partial charge in [0.05, 0.1) is 19.3 Å². The molecule has 0 bridgehead atoms. The molecule has 0 spiro atoms. The van der Waals surface area contributed by atoms with Crippen LogP contribution in [0.15, 0.2) is 23.3 Å². The van der Waals surface area contributed by atoms with Crippen LogP contribution in [0.2, 0.25) is 0 Å². The molecule has 0 aromatic carbocycles. The maximum atomic E-state index is 5.95. The Morgan fingerprint density at radius 2 is 2.10 bits per heavy atom. The van der Waals surface area contributed by atoms with Gasteiger partial charge in [-0.2, -0.15) is 0 Å². The second-order valence-electron chi connectivity index (χ2n) is 8.44. The molecular formula is C22H38N6O. The topological polar surface area (TPSA) is 65.0 Å². The molecule has 1 atom stereocenters. The summed E-state index contributed by atoms with van der Waals surface area (Å²) in [4.78, 5) is 14.2. The van der Waals surface area contributed by atoms with Gasteiger partial charge in [-0.05, 0) is 43.4 Å². The Hall–Kier alpha value is -1.86. The SMILES string of the molecule is CCNC(=NCc1ccnc(N2CCCC2)c1)NCC1CN(CC(C)C)CCO1. The first-order valence-electron chi connectivity index (χ1n) is 11.2. The lowest BCUT2D eigenvalue weighted by molar-refractivity contribution is -0.0284. The number of anilines is 1. The quantitative estimate of drug-likeness (QED) is 0.513. The molecule has 3 heterocycles. The van der Waals surface area contributed by atoms with Gasteiger partial charge < -0.3 is 20.3 Å². The van der Waals surface area contributed by atoms with E-state index >= 15 is 0 Å². The summed E-state index contributed by atoms with van der Waals surface area (Å²) in [6.45, 7) is 15.1. The van der Waals surface area contributed by atoms with Crippen LogP contribution in [-0.4, -0.2) is 74.4 Å². The van der Waals surface area contributed by atoms with E-state index in [1.807, 2.05) is 6.20 Å². The summed E-state index contributed by atoms with van der Waals surface area (Å²) in [5, 5.41) is 6.81. The van der Waals surface area contributed by atoms with Crippen LogP contribution < -0.4 is 15.5 Å². The van der Waals surface area contributed by atoms with Crippen LogP contribution in [0.25, 0.3) is 0 Å².